The molecule has 0 unspecified atom stereocenters. The lowest BCUT2D eigenvalue weighted by molar-refractivity contribution is -0.131. The Morgan fingerprint density at radius 3 is 2.20 bits per heavy atom. The van der Waals surface area contributed by atoms with Crippen molar-refractivity contribution in [2.24, 2.45) is 0 Å². The molecule has 86 valence electrons. The Morgan fingerprint density at radius 2 is 1.67 bits per heavy atom. The second-order valence-electron chi connectivity index (χ2n) is 5.06. The van der Waals surface area contributed by atoms with Crippen LogP contribution in [-0.2, 0) is 4.79 Å². The maximum atomic E-state index is 12.2. The molecular weight excluding hydrogens is 186 g/mol. The van der Waals surface area contributed by atoms with E-state index in [1.807, 2.05) is 6.92 Å². The van der Waals surface area contributed by atoms with Gasteiger partial charge in [-0.2, -0.15) is 0 Å². The smallest absolute Gasteiger partial charge is 0.152 e. The van der Waals surface area contributed by atoms with Crippen LogP contribution in [0.25, 0.3) is 0 Å². The third kappa shape index (κ3) is 1.96. The zero-order valence-electron chi connectivity index (χ0n) is 9.93. The van der Waals surface area contributed by atoms with Crippen LogP contribution >= 0.6 is 0 Å². The SMILES string of the molecule is CCC(=O)C1(N2CCCCC2)CCCC1. The minimum Gasteiger partial charge on any atom is -0.298 e. The Morgan fingerprint density at radius 1 is 1.07 bits per heavy atom. The fraction of sp³-hybridized carbons (Fsp3) is 0.923. The second kappa shape index (κ2) is 4.65. The van der Waals surface area contributed by atoms with E-state index in [2.05, 4.69) is 4.90 Å². The number of carbonyl (C=O) groups excluding carboxylic acids is 1. The maximum Gasteiger partial charge on any atom is 0.152 e. The fourth-order valence-electron chi connectivity index (χ4n) is 3.38. The van der Waals surface area contributed by atoms with Gasteiger partial charge in [0.05, 0.1) is 5.54 Å². The molecule has 2 heteroatoms. The van der Waals surface area contributed by atoms with Gasteiger partial charge in [0, 0.05) is 6.42 Å². The first-order valence-corrected chi connectivity index (χ1v) is 6.58. The summed E-state index contributed by atoms with van der Waals surface area (Å²) in [6.07, 6.45) is 9.41. The van der Waals surface area contributed by atoms with Crippen molar-refractivity contribution in [2.45, 2.75) is 63.8 Å². The van der Waals surface area contributed by atoms with Crippen LogP contribution in [0.4, 0.5) is 0 Å². The van der Waals surface area contributed by atoms with Crippen LogP contribution in [-0.4, -0.2) is 29.3 Å². The van der Waals surface area contributed by atoms with Crippen molar-refractivity contribution in [1.29, 1.82) is 0 Å². The van der Waals surface area contributed by atoms with E-state index in [-0.39, 0.29) is 5.54 Å². The molecule has 0 aromatic heterocycles. The van der Waals surface area contributed by atoms with Gasteiger partial charge in [-0.25, -0.2) is 0 Å². The Bertz CT molecular complexity index is 225. The molecule has 0 bridgehead atoms. The first-order chi connectivity index (χ1) is 7.29. The highest BCUT2D eigenvalue weighted by Crippen LogP contribution is 2.38. The first kappa shape index (κ1) is 11.1. The Kier molecular flexibility index (Phi) is 3.45. The maximum absolute atomic E-state index is 12.2. The van der Waals surface area contributed by atoms with Crippen molar-refractivity contribution in [2.75, 3.05) is 13.1 Å². The third-order valence-corrected chi connectivity index (χ3v) is 4.23. The fourth-order valence-corrected chi connectivity index (χ4v) is 3.38. The predicted molar refractivity (Wildman–Crippen MR) is 61.9 cm³/mol. The molecule has 1 saturated heterocycles. The molecule has 0 spiro atoms. The van der Waals surface area contributed by atoms with Gasteiger partial charge in [0.15, 0.2) is 5.78 Å². The van der Waals surface area contributed by atoms with Gasteiger partial charge in [0.2, 0.25) is 0 Å². The molecule has 0 atom stereocenters. The molecule has 1 saturated carbocycles. The second-order valence-corrected chi connectivity index (χ2v) is 5.06. The summed E-state index contributed by atoms with van der Waals surface area (Å²) in [6, 6.07) is 0. The van der Waals surface area contributed by atoms with Crippen LogP contribution in [0.2, 0.25) is 0 Å². The average Bonchev–Trinajstić information content (AvgIpc) is 2.79. The lowest BCUT2D eigenvalue weighted by Gasteiger charge is -2.42. The van der Waals surface area contributed by atoms with E-state index < -0.39 is 0 Å². The third-order valence-electron chi connectivity index (χ3n) is 4.23. The summed E-state index contributed by atoms with van der Waals surface area (Å²) in [5.74, 6) is 0.502. The monoisotopic (exact) mass is 209 g/mol. The summed E-state index contributed by atoms with van der Waals surface area (Å²) in [5, 5.41) is 0. The summed E-state index contributed by atoms with van der Waals surface area (Å²) >= 11 is 0. The molecular formula is C13H23NO. The van der Waals surface area contributed by atoms with E-state index in [1.165, 1.54) is 32.1 Å². The van der Waals surface area contributed by atoms with E-state index in [0.29, 0.717) is 5.78 Å². The van der Waals surface area contributed by atoms with Crippen molar-refractivity contribution in [3.05, 3.63) is 0 Å². The van der Waals surface area contributed by atoms with Crippen LogP contribution in [0.5, 0.6) is 0 Å². The number of piperidine rings is 1. The summed E-state index contributed by atoms with van der Waals surface area (Å²) in [6.45, 7) is 4.34. The number of Topliss-reactive ketones (excluding diaryl/α,β-unsaturated/α-hetero) is 1. The molecule has 15 heavy (non-hydrogen) atoms. The summed E-state index contributed by atoms with van der Waals surface area (Å²) in [4.78, 5) is 14.7. The highest BCUT2D eigenvalue weighted by atomic mass is 16.1. The Hall–Kier alpha value is -0.370. The highest BCUT2D eigenvalue weighted by molar-refractivity contribution is 5.88. The molecule has 1 heterocycles. The summed E-state index contributed by atoms with van der Waals surface area (Å²) in [7, 11) is 0. The van der Waals surface area contributed by atoms with E-state index in [9.17, 15) is 4.79 Å². The molecule has 2 nitrogen and oxygen atoms in total. The van der Waals surface area contributed by atoms with Crippen LogP contribution in [0.1, 0.15) is 58.3 Å². The normalized spacial score (nSPS) is 26.7. The number of hydrogen-bond acceptors (Lipinski definition) is 2. The summed E-state index contributed by atoms with van der Waals surface area (Å²) < 4.78 is 0. The molecule has 2 fully saturated rings. The van der Waals surface area contributed by atoms with Crippen LogP contribution < -0.4 is 0 Å². The van der Waals surface area contributed by atoms with Gasteiger partial charge in [-0.1, -0.05) is 26.2 Å². The molecule has 2 aliphatic rings. The van der Waals surface area contributed by atoms with Gasteiger partial charge >= 0.3 is 0 Å². The van der Waals surface area contributed by atoms with Crippen molar-refractivity contribution >= 4 is 5.78 Å². The summed E-state index contributed by atoms with van der Waals surface area (Å²) in [5.41, 5.74) is -0.0326. The average molecular weight is 209 g/mol. The number of hydrogen-bond donors (Lipinski definition) is 0. The lowest BCUT2D eigenvalue weighted by Crippen LogP contribution is -2.54. The number of rotatable bonds is 3. The topological polar surface area (TPSA) is 20.3 Å². The molecule has 1 aliphatic heterocycles. The van der Waals surface area contributed by atoms with Crippen molar-refractivity contribution in [3.63, 3.8) is 0 Å². The minimum atomic E-state index is -0.0326. The van der Waals surface area contributed by atoms with E-state index >= 15 is 0 Å². The van der Waals surface area contributed by atoms with Gasteiger partial charge in [-0.05, 0) is 38.8 Å². The zero-order valence-corrected chi connectivity index (χ0v) is 9.93. The van der Waals surface area contributed by atoms with Gasteiger partial charge in [-0.15, -0.1) is 0 Å². The van der Waals surface area contributed by atoms with Gasteiger partial charge in [-0.3, -0.25) is 9.69 Å². The molecule has 0 amide bonds. The number of nitrogens with zero attached hydrogens (tertiary/aromatic N) is 1. The molecule has 0 N–H and O–H groups in total. The molecule has 0 aromatic carbocycles. The highest BCUT2D eigenvalue weighted by Gasteiger charge is 2.44. The van der Waals surface area contributed by atoms with E-state index in [0.717, 1.165) is 32.4 Å². The number of ketones is 1. The Balaban J connectivity index is 2.13. The quantitative estimate of drug-likeness (QED) is 0.712. The van der Waals surface area contributed by atoms with Gasteiger partial charge < -0.3 is 0 Å². The van der Waals surface area contributed by atoms with Crippen LogP contribution in [0.3, 0.4) is 0 Å². The predicted octanol–water partition coefficient (Wildman–Crippen LogP) is 2.76. The minimum absolute atomic E-state index is 0.0326. The standard InChI is InChI=1S/C13H23NO/c1-2-12(15)13(8-4-5-9-13)14-10-6-3-7-11-14/h2-11H2,1H3. The number of likely N-dealkylation sites (tertiary alicyclic amines) is 1. The van der Waals surface area contributed by atoms with Crippen LogP contribution in [0.15, 0.2) is 0 Å². The largest absolute Gasteiger partial charge is 0.298 e. The van der Waals surface area contributed by atoms with Crippen molar-refractivity contribution in [3.8, 4) is 0 Å². The lowest BCUT2D eigenvalue weighted by atomic mass is 9.86. The van der Waals surface area contributed by atoms with Crippen molar-refractivity contribution < 1.29 is 4.79 Å². The van der Waals surface area contributed by atoms with E-state index in [1.54, 1.807) is 0 Å². The molecule has 1 aliphatic carbocycles. The zero-order chi connectivity index (χ0) is 10.7. The van der Waals surface area contributed by atoms with Crippen LogP contribution in [0, 0.1) is 0 Å². The van der Waals surface area contributed by atoms with Gasteiger partial charge in [0.1, 0.15) is 0 Å². The first-order valence-electron chi connectivity index (χ1n) is 6.58. The van der Waals surface area contributed by atoms with Gasteiger partial charge in [0.25, 0.3) is 0 Å². The molecule has 0 aromatic rings. The molecule has 2 rings (SSSR count). The Labute approximate surface area is 93.0 Å². The van der Waals surface area contributed by atoms with E-state index in [4.69, 9.17) is 0 Å². The molecule has 0 radical (unpaired) electrons. The van der Waals surface area contributed by atoms with Crippen molar-refractivity contribution in [1.82, 2.24) is 4.90 Å². The number of carbonyl (C=O) groups is 1.